The lowest BCUT2D eigenvalue weighted by molar-refractivity contribution is -0.136. The Morgan fingerprint density at radius 1 is 1.26 bits per heavy atom. The van der Waals surface area contributed by atoms with Gasteiger partial charge in [-0.1, -0.05) is 0 Å². The van der Waals surface area contributed by atoms with E-state index in [4.69, 9.17) is 14.6 Å². The minimum absolute atomic E-state index is 0.0351. The lowest BCUT2D eigenvalue weighted by atomic mass is 10.0. The molecule has 124 valence electrons. The van der Waals surface area contributed by atoms with E-state index < -0.39 is 5.97 Å². The van der Waals surface area contributed by atoms with Gasteiger partial charge in [-0.2, -0.15) is 0 Å². The van der Waals surface area contributed by atoms with E-state index >= 15 is 0 Å². The van der Waals surface area contributed by atoms with Crippen LogP contribution < -0.4 is 14.9 Å². The highest BCUT2D eigenvalue weighted by Gasteiger charge is 2.21. The van der Waals surface area contributed by atoms with E-state index in [-0.39, 0.29) is 23.5 Å². The Morgan fingerprint density at radius 3 is 2.39 bits per heavy atom. The Kier molecular flexibility index (Phi) is 4.63. The van der Waals surface area contributed by atoms with Crippen LogP contribution in [0, 0.1) is 6.92 Å². The number of aliphatic carboxylic acids is 1. The molecule has 0 unspecified atom stereocenters. The Balaban J connectivity index is 3.03. The summed E-state index contributed by atoms with van der Waals surface area (Å²) in [5, 5.41) is 9.52. The summed E-state index contributed by atoms with van der Waals surface area (Å²) in [6, 6.07) is 3.38. The van der Waals surface area contributed by atoms with E-state index in [0.29, 0.717) is 28.1 Å². The quantitative estimate of drug-likeness (QED) is 0.916. The Morgan fingerprint density at radius 2 is 1.91 bits per heavy atom. The molecule has 0 bridgehead atoms. The first-order chi connectivity index (χ1) is 10.8. The van der Waals surface area contributed by atoms with Crippen LogP contribution in [0.15, 0.2) is 16.9 Å². The second kappa shape index (κ2) is 6.32. The number of hydrogen-bond acceptors (Lipinski definition) is 4. The van der Waals surface area contributed by atoms with Gasteiger partial charge in [-0.05, 0) is 26.8 Å². The Hall–Kier alpha value is -2.50. The molecule has 1 aromatic carbocycles. The minimum atomic E-state index is -1.03. The second-order valence-electron chi connectivity index (χ2n) is 5.65. The lowest BCUT2D eigenvalue weighted by Crippen LogP contribution is -2.22. The van der Waals surface area contributed by atoms with Crippen molar-refractivity contribution in [3.8, 4) is 11.5 Å². The molecule has 2 aromatic rings. The molecule has 1 N–H and O–H groups in total. The van der Waals surface area contributed by atoms with Crippen molar-refractivity contribution < 1.29 is 19.4 Å². The average Bonchev–Trinajstić information content (AvgIpc) is 2.50. The van der Waals surface area contributed by atoms with Gasteiger partial charge in [0.25, 0.3) is 0 Å². The Labute approximate surface area is 134 Å². The summed E-state index contributed by atoms with van der Waals surface area (Å²) in [4.78, 5) is 23.9. The zero-order valence-electron chi connectivity index (χ0n) is 14.0. The zero-order valence-corrected chi connectivity index (χ0v) is 14.0. The van der Waals surface area contributed by atoms with Crippen molar-refractivity contribution in [3.05, 3.63) is 33.6 Å². The fourth-order valence-electron chi connectivity index (χ4n) is 2.92. The molecule has 0 spiro atoms. The molecule has 6 nitrogen and oxygen atoms in total. The monoisotopic (exact) mass is 319 g/mol. The van der Waals surface area contributed by atoms with Crippen LogP contribution in [0.1, 0.15) is 31.1 Å². The van der Waals surface area contributed by atoms with Gasteiger partial charge in [-0.25, -0.2) is 0 Å². The summed E-state index contributed by atoms with van der Waals surface area (Å²) in [7, 11) is 3.04. The normalized spacial score (nSPS) is 11.0. The van der Waals surface area contributed by atoms with Gasteiger partial charge < -0.3 is 19.1 Å². The fourth-order valence-corrected chi connectivity index (χ4v) is 2.92. The van der Waals surface area contributed by atoms with E-state index in [1.165, 1.54) is 14.2 Å². The fraction of sp³-hybridized carbons (Fsp3) is 0.412. The number of carboxylic acid groups (broad SMARTS) is 1. The summed E-state index contributed by atoms with van der Waals surface area (Å²) >= 11 is 0. The first-order valence-corrected chi connectivity index (χ1v) is 7.33. The second-order valence-corrected chi connectivity index (χ2v) is 5.65. The maximum atomic E-state index is 12.8. The van der Waals surface area contributed by atoms with Crippen molar-refractivity contribution in [3.63, 3.8) is 0 Å². The van der Waals surface area contributed by atoms with Crippen LogP contribution in [0.5, 0.6) is 11.5 Å². The van der Waals surface area contributed by atoms with Crippen LogP contribution in [0.4, 0.5) is 0 Å². The van der Waals surface area contributed by atoms with Gasteiger partial charge in [0.1, 0.15) is 11.5 Å². The molecule has 0 atom stereocenters. The molecule has 0 aliphatic carbocycles. The van der Waals surface area contributed by atoms with Gasteiger partial charge >= 0.3 is 5.97 Å². The van der Waals surface area contributed by atoms with Gasteiger partial charge in [0.2, 0.25) is 0 Å². The topological polar surface area (TPSA) is 77.8 Å². The number of ether oxygens (including phenoxy) is 2. The largest absolute Gasteiger partial charge is 0.497 e. The van der Waals surface area contributed by atoms with Crippen LogP contribution in [0.3, 0.4) is 0 Å². The highest BCUT2D eigenvalue weighted by atomic mass is 16.5. The standard InChI is InChI=1S/C17H21NO5/c1-9(2)18-10(3)12(8-15(19)20)17(21)13-6-11(22-4)7-14(23-5)16(13)18/h6-7,9H,8H2,1-5H3,(H,19,20). The summed E-state index contributed by atoms with van der Waals surface area (Å²) < 4.78 is 12.6. The maximum Gasteiger partial charge on any atom is 0.308 e. The first-order valence-electron chi connectivity index (χ1n) is 7.33. The number of hydrogen-bond donors (Lipinski definition) is 1. The van der Waals surface area contributed by atoms with Crippen LogP contribution in [-0.2, 0) is 11.2 Å². The van der Waals surface area contributed by atoms with Crippen molar-refractivity contribution in [2.24, 2.45) is 0 Å². The smallest absolute Gasteiger partial charge is 0.308 e. The van der Waals surface area contributed by atoms with Crippen molar-refractivity contribution in [1.29, 1.82) is 0 Å². The summed E-state index contributed by atoms with van der Waals surface area (Å²) in [6.07, 6.45) is -0.313. The summed E-state index contributed by atoms with van der Waals surface area (Å²) in [5.41, 5.74) is 1.28. The first kappa shape index (κ1) is 16.9. The molecule has 0 radical (unpaired) electrons. The highest BCUT2D eigenvalue weighted by molar-refractivity contribution is 5.88. The molecule has 1 heterocycles. The number of aromatic nitrogens is 1. The number of carbonyl (C=O) groups is 1. The number of benzene rings is 1. The molecule has 6 heteroatoms. The number of nitrogens with zero attached hydrogens (tertiary/aromatic N) is 1. The third-order valence-corrected chi connectivity index (χ3v) is 3.91. The van der Waals surface area contributed by atoms with Crippen LogP contribution >= 0.6 is 0 Å². The number of methoxy groups -OCH3 is 2. The average molecular weight is 319 g/mol. The third kappa shape index (κ3) is 2.88. The number of pyridine rings is 1. The molecule has 0 saturated carbocycles. The molecule has 1 aromatic heterocycles. The maximum absolute atomic E-state index is 12.8. The van der Waals surface area contributed by atoms with E-state index in [0.717, 1.165) is 0 Å². The molecule has 0 amide bonds. The van der Waals surface area contributed by atoms with E-state index in [1.54, 1.807) is 19.1 Å². The van der Waals surface area contributed by atoms with Crippen molar-refractivity contribution >= 4 is 16.9 Å². The van der Waals surface area contributed by atoms with E-state index in [1.807, 2.05) is 18.4 Å². The predicted molar refractivity (Wildman–Crippen MR) is 87.8 cm³/mol. The molecular weight excluding hydrogens is 298 g/mol. The predicted octanol–water partition coefficient (Wildman–Crippen LogP) is 2.54. The van der Waals surface area contributed by atoms with Gasteiger partial charge in [0.05, 0.1) is 31.5 Å². The summed E-state index contributed by atoms with van der Waals surface area (Å²) in [5.74, 6) is -0.0169. The van der Waals surface area contributed by atoms with Crippen LogP contribution in [0.2, 0.25) is 0 Å². The van der Waals surface area contributed by atoms with Gasteiger partial charge in [-0.3, -0.25) is 9.59 Å². The van der Waals surface area contributed by atoms with E-state index in [9.17, 15) is 9.59 Å². The molecule has 23 heavy (non-hydrogen) atoms. The molecule has 2 rings (SSSR count). The van der Waals surface area contributed by atoms with Crippen molar-refractivity contribution in [1.82, 2.24) is 4.57 Å². The summed E-state index contributed by atoms with van der Waals surface area (Å²) in [6.45, 7) is 5.72. The molecule has 0 aliphatic rings. The van der Waals surface area contributed by atoms with Crippen molar-refractivity contribution in [2.75, 3.05) is 14.2 Å². The zero-order chi connectivity index (χ0) is 17.3. The highest BCUT2D eigenvalue weighted by Crippen LogP contribution is 2.33. The number of carboxylic acids is 1. The number of fused-ring (bicyclic) bond motifs is 1. The third-order valence-electron chi connectivity index (χ3n) is 3.91. The minimum Gasteiger partial charge on any atom is -0.497 e. The van der Waals surface area contributed by atoms with Gasteiger partial charge in [0.15, 0.2) is 5.43 Å². The number of rotatable bonds is 5. The van der Waals surface area contributed by atoms with Crippen LogP contribution in [-0.4, -0.2) is 29.9 Å². The van der Waals surface area contributed by atoms with Crippen LogP contribution in [0.25, 0.3) is 10.9 Å². The van der Waals surface area contributed by atoms with E-state index in [2.05, 4.69) is 0 Å². The molecule has 0 fully saturated rings. The molecule has 0 saturated heterocycles. The van der Waals surface area contributed by atoms with Crippen molar-refractivity contribution in [2.45, 2.75) is 33.2 Å². The Bertz CT molecular complexity index is 820. The molecular formula is C17H21NO5. The SMILES string of the molecule is COc1cc(OC)c2c(c1)c(=O)c(CC(=O)O)c(C)n2C(C)C. The lowest BCUT2D eigenvalue weighted by Gasteiger charge is -2.23. The van der Waals surface area contributed by atoms with Gasteiger partial charge in [-0.15, -0.1) is 0 Å². The van der Waals surface area contributed by atoms with Gasteiger partial charge in [0, 0.05) is 23.4 Å². The molecule has 0 aliphatic heterocycles.